The highest BCUT2D eigenvalue weighted by Crippen LogP contribution is 2.30. The summed E-state index contributed by atoms with van der Waals surface area (Å²) < 4.78 is 30.8. The Hall–Kier alpha value is -1.38. The highest BCUT2D eigenvalue weighted by molar-refractivity contribution is 7.89. The van der Waals surface area contributed by atoms with Crippen LogP contribution in [0.5, 0.6) is 0 Å². The number of fused-ring (bicyclic) bond motifs is 2. The van der Waals surface area contributed by atoms with Crippen molar-refractivity contribution in [3.05, 3.63) is 17.9 Å². The molecule has 2 bridgehead atoms. The summed E-state index contributed by atoms with van der Waals surface area (Å²) in [5.41, 5.74) is 0. The molecular formula is C13H19N3O4S. The number of hydrogen-bond acceptors (Lipinski definition) is 5. The van der Waals surface area contributed by atoms with Gasteiger partial charge in [0, 0.05) is 18.6 Å². The molecule has 1 aromatic rings. The molecule has 8 heteroatoms. The summed E-state index contributed by atoms with van der Waals surface area (Å²) in [7, 11) is -2.35. The summed E-state index contributed by atoms with van der Waals surface area (Å²) in [5, 5.41) is 3.10. The van der Waals surface area contributed by atoms with E-state index in [1.165, 1.54) is 19.2 Å². The van der Waals surface area contributed by atoms with Crippen LogP contribution in [0, 0.1) is 0 Å². The van der Waals surface area contributed by atoms with Crippen LogP contribution in [0.2, 0.25) is 0 Å². The highest BCUT2D eigenvalue weighted by Gasteiger charge is 2.39. The lowest BCUT2D eigenvalue weighted by Crippen LogP contribution is -2.42. The lowest BCUT2D eigenvalue weighted by Gasteiger charge is -2.26. The fraction of sp³-hybridized carbons (Fsp3) is 0.615. The molecule has 7 nitrogen and oxygen atoms in total. The molecule has 0 spiro atoms. The Kier molecular flexibility index (Phi) is 3.76. The number of nitrogens with one attached hydrogen (secondary N) is 2. The molecule has 3 heterocycles. The van der Waals surface area contributed by atoms with Crippen molar-refractivity contribution in [2.45, 2.75) is 36.4 Å². The third kappa shape index (κ3) is 2.58. The largest absolute Gasteiger partial charge is 0.438 e. The molecule has 2 saturated heterocycles. The van der Waals surface area contributed by atoms with E-state index in [1.54, 1.807) is 0 Å². The van der Waals surface area contributed by atoms with Gasteiger partial charge in [-0.3, -0.25) is 4.79 Å². The smallest absolute Gasteiger partial charge is 0.290 e. The fourth-order valence-corrected chi connectivity index (χ4v) is 3.77. The van der Waals surface area contributed by atoms with Crippen molar-refractivity contribution < 1.29 is 17.6 Å². The summed E-state index contributed by atoms with van der Waals surface area (Å²) in [6, 6.07) is 3.13. The van der Waals surface area contributed by atoms with E-state index in [0.29, 0.717) is 0 Å². The van der Waals surface area contributed by atoms with Crippen molar-refractivity contribution in [3.63, 3.8) is 0 Å². The molecule has 2 N–H and O–H groups in total. The Morgan fingerprint density at radius 2 is 2.10 bits per heavy atom. The van der Waals surface area contributed by atoms with Gasteiger partial charge in [-0.1, -0.05) is 0 Å². The number of amides is 1. The van der Waals surface area contributed by atoms with Crippen molar-refractivity contribution >= 4 is 15.9 Å². The first-order chi connectivity index (χ1) is 10.0. The van der Waals surface area contributed by atoms with Gasteiger partial charge in [-0.05, 0) is 45.0 Å². The molecule has 2 unspecified atom stereocenters. The number of furan rings is 1. The van der Waals surface area contributed by atoms with Crippen LogP contribution < -0.4 is 10.0 Å². The second kappa shape index (κ2) is 5.43. The van der Waals surface area contributed by atoms with Crippen LogP contribution in [0.25, 0.3) is 0 Å². The van der Waals surface area contributed by atoms with Crippen LogP contribution in [0.1, 0.15) is 29.8 Å². The summed E-state index contributed by atoms with van der Waals surface area (Å²) in [6.45, 7) is 1.69. The van der Waals surface area contributed by atoms with Gasteiger partial charge in [0.1, 0.15) is 0 Å². The zero-order valence-corrected chi connectivity index (χ0v) is 12.6. The van der Waals surface area contributed by atoms with Gasteiger partial charge in [0.2, 0.25) is 5.09 Å². The van der Waals surface area contributed by atoms with Crippen molar-refractivity contribution in [2.24, 2.45) is 0 Å². The van der Waals surface area contributed by atoms with Crippen LogP contribution in [-0.4, -0.2) is 51.4 Å². The Bertz CT molecular complexity index is 626. The number of carbonyl (C=O) groups excluding carboxylic acids is 1. The van der Waals surface area contributed by atoms with Crippen LogP contribution >= 0.6 is 0 Å². The van der Waals surface area contributed by atoms with E-state index in [0.717, 1.165) is 32.4 Å². The van der Waals surface area contributed by atoms with Gasteiger partial charge in [-0.15, -0.1) is 0 Å². The molecule has 2 atom stereocenters. The predicted molar refractivity (Wildman–Crippen MR) is 75.4 cm³/mol. The van der Waals surface area contributed by atoms with Gasteiger partial charge < -0.3 is 14.6 Å². The average Bonchev–Trinajstić information content (AvgIpc) is 3.02. The zero-order valence-electron chi connectivity index (χ0n) is 11.8. The van der Waals surface area contributed by atoms with Gasteiger partial charge >= 0.3 is 0 Å². The van der Waals surface area contributed by atoms with E-state index in [2.05, 4.69) is 10.0 Å². The van der Waals surface area contributed by atoms with E-state index >= 15 is 0 Å². The van der Waals surface area contributed by atoms with Gasteiger partial charge in [-0.2, -0.15) is 0 Å². The Morgan fingerprint density at radius 3 is 2.86 bits per heavy atom. The lowest BCUT2D eigenvalue weighted by molar-refractivity contribution is 0.0641. The van der Waals surface area contributed by atoms with E-state index in [1.807, 2.05) is 4.90 Å². The molecule has 1 aromatic heterocycles. The number of sulfonamides is 1. The minimum absolute atomic E-state index is 0.0858. The zero-order chi connectivity index (χ0) is 15.0. The first-order valence-electron chi connectivity index (χ1n) is 7.09. The van der Waals surface area contributed by atoms with E-state index in [4.69, 9.17) is 4.42 Å². The maximum Gasteiger partial charge on any atom is 0.290 e. The summed E-state index contributed by atoms with van der Waals surface area (Å²) in [5.74, 6) is -0.133. The monoisotopic (exact) mass is 313 g/mol. The predicted octanol–water partition coefficient (Wildman–Crippen LogP) is 0.154. The summed E-state index contributed by atoms with van der Waals surface area (Å²) in [4.78, 5) is 14.5. The number of carbonyl (C=O) groups is 1. The van der Waals surface area contributed by atoms with Gasteiger partial charge in [0.25, 0.3) is 15.9 Å². The fourth-order valence-electron chi connectivity index (χ4n) is 3.12. The molecule has 2 fully saturated rings. The summed E-state index contributed by atoms with van der Waals surface area (Å²) in [6.07, 6.45) is 2.90. The standard InChI is InChI=1S/C13H19N3O4S/c1-14-21(18,19)12-5-4-11(20-12)13(17)16-9-2-3-10(16)8-15-7-6-9/h4-5,9-10,14-15H,2-3,6-8H2,1H3. The molecular weight excluding hydrogens is 294 g/mol. The van der Waals surface area contributed by atoms with Crippen molar-refractivity contribution in [1.29, 1.82) is 0 Å². The second-order valence-corrected chi connectivity index (χ2v) is 7.23. The second-order valence-electron chi connectivity index (χ2n) is 5.42. The van der Waals surface area contributed by atoms with Crippen LogP contribution in [-0.2, 0) is 10.0 Å². The lowest BCUT2D eigenvalue weighted by atomic mass is 10.1. The molecule has 3 rings (SSSR count). The molecule has 1 amide bonds. The van der Waals surface area contributed by atoms with Gasteiger partial charge in [0.15, 0.2) is 5.76 Å². The van der Waals surface area contributed by atoms with Crippen molar-refractivity contribution in [1.82, 2.24) is 14.9 Å². The van der Waals surface area contributed by atoms with Crippen LogP contribution in [0.15, 0.2) is 21.6 Å². The third-order valence-electron chi connectivity index (χ3n) is 4.21. The molecule has 2 aliphatic rings. The Balaban J connectivity index is 1.86. The van der Waals surface area contributed by atoms with E-state index in [-0.39, 0.29) is 28.8 Å². The van der Waals surface area contributed by atoms with Crippen LogP contribution in [0.3, 0.4) is 0 Å². The SMILES string of the molecule is CNS(=O)(=O)c1ccc(C(=O)N2C3CCNCC2CC3)o1. The normalized spacial score (nSPS) is 25.9. The third-order valence-corrected chi connectivity index (χ3v) is 5.50. The Morgan fingerprint density at radius 1 is 1.33 bits per heavy atom. The minimum Gasteiger partial charge on any atom is -0.438 e. The molecule has 2 aliphatic heterocycles. The number of rotatable bonds is 3. The Labute approximate surface area is 123 Å². The van der Waals surface area contributed by atoms with E-state index < -0.39 is 10.0 Å². The van der Waals surface area contributed by atoms with Crippen LogP contribution in [0.4, 0.5) is 0 Å². The van der Waals surface area contributed by atoms with Crippen molar-refractivity contribution in [3.8, 4) is 0 Å². The van der Waals surface area contributed by atoms with Gasteiger partial charge in [-0.25, -0.2) is 13.1 Å². The number of nitrogens with zero attached hydrogens (tertiary/aromatic N) is 1. The first kappa shape index (κ1) is 14.6. The molecule has 0 aromatic carbocycles. The molecule has 0 saturated carbocycles. The average molecular weight is 313 g/mol. The maximum atomic E-state index is 12.6. The molecule has 0 aliphatic carbocycles. The summed E-state index contributed by atoms with van der Waals surface area (Å²) >= 11 is 0. The molecule has 21 heavy (non-hydrogen) atoms. The number of hydrogen-bond donors (Lipinski definition) is 2. The quantitative estimate of drug-likeness (QED) is 0.829. The first-order valence-corrected chi connectivity index (χ1v) is 8.58. The molecule has 0 radical (unpaired) electrons. The van der Waals surface area contributed by atoms with Gasteiger partial charge in [0.05, 0.1) is 0 Å². The molecule has 116 valence electrons. The van der Waals surface area contributed by atoms with Crippen molar-refractivity contribution in [2.75, 3.05) is 20.1 Å². The highest BCUT2D eigenvalue weighted by atomic mass is 32.2. The maximum absolute atomic E-state index is 12.6. The minimum atomic E-state index is -3.66. The van der Waals surface area contributed by atoms with E-state index in [9.17, 15) is 13.2 Å². The topological polar surface area (TPSA) is 91.7 Å².